The number of para-hydroxylation sites is 1. The molecule has 138 valence electrons. The number of amides is 1. The van der Waals surface area contributed by atoms with Gasteiger partial charge >= 0.3 is 0 Å². The van der Waals surface area contributed by atoms with Crippen LogP contribution in [-0.4, -0.2) is 40.6 Å². The number of hydrogen-bond donors (Lipinski definition) is 2. The smallest absolute Gasteiger partial charge is 0.274 e. The monoisotopic (exact) mass is 355 g/mol. The van der Waals surface area contributed by atoms with Gasteiger partial charge in [-0.2, -0.15) is 0 Å². The Bertz CT molecular complexity index is 782. The minimum atomic E-state index is -0.163. The molecule has 2 aliphatic heterocycles. The van der Waals surface area contributed by atoms with E-state index in [-0.39, 0.29) is 11.9 Å². The van der Waals surface area contributed by atoms with Crippen LogP contribution in [-0.2, 0) is 0 Å². The van der Waals surface area contributed by atoms with Gasteiger partial charge in [-0.3, -0.25) is 4.79 Å². The molecular formula is C19H25N5O2. The molecular weight excluding hydrogens is 330 g/mol. The lowest BCUT2D eigenvalue weighted by molar-refractivity contribution is 0.0929. The molecule has 26 heavy (non-hydrogen) atoms. The molecule has 0 saturated carbocycles. The molecule has 1 atom stereocenters. The first-order valence-corrected chi connectivity index (χ1v) is 9.39. The molecule has 0 bridgehead atoms. The number of hydrogen-bond acceptors (Lipinski definition) is 5. The molecule has 7 heteroatoms. The van der Waals surface area contributed by atoms with Gasteiger partial charge in [-0.05, 0) is 51.8 Å². The van der Waals surface area contributed by atoms with Crippen molar-refractivity contribution in [2.75, 3.05) is 19.7 Å². The highest BCUT2D eigenvalue weighted by molar-refractivity contribution is 5.93. The number of ether oxygens (including phenoxy) is 1. The first kappa shape index (κ1) is 17.0. The van der Waals surface area contributed by atoms with Crippen molar-refractivity contribution >= 4 is 5.91 Å². The highest BCUT2D eigenvalue weighted by atomic mass is 16.5. The van der Waals surface area contributed by atoms with Crippen LogP contribution < -0.4 is 15.4 Å². The second kappa shape index (κ2) is 7.45. The standard InChI is InChI=1S/C19H25N5O2/c1-13-18(22-23-24(13)14-8-10-20-11-9-14)19(25)21-16-6-4-12-26-17-7-3-2-5-15(16)17/h2-3,5,7,14,16,20H,4,6,8-12H2,1H3,(H,21,25). The van der Waals surface area contributed by atoms with Crippen molar-refractivity contribution in [2.45, 2.75) is 44.7 Å². The summed E-state index contributed by atoms with van der Waals surface area (Å²) in [5.74, 6) is 0.690. The van der Waals surface area contributed by atoms with Crippen molar-refractivity contribution in [3.8, 4) is 5.75 Å². The first-order chi connectivity index (χ1) is 12.7. The van der Waals surface area contributed by atoms with Gasteiger partial charge in [-0.25, -0.2) is 4.68 Å². The van der Waals surface area contributed by atoms with Gasteiger partial charge in [0.15, 0.2) is 5.69 Å². The van der Waals surface area contributed by atoms with Gasteiger partial charge in [0.2, 0.25) is 0 Å². The zero-order valence-electron chi connectivity index (χ0n) is 15.1. The molecule has 2 aromatic rings. The second-order valence-electron chi connectivity index (χ2n) is 7.00. The molecule has 4 rings (SSSR count). The molecule has 2 aliphatic rings. The maximum Gasteiger partial charge on any atom is 0.274 e. The van der Waals surface area contributed by atoms with Gasteiger partial charge < -0.3 is 15.4 Å². The van der Waals surface area contributed by atoms with E-state index in [9.17, 15) is 4.79 Å². The zero-order valence-corrected chi connectivity index (χ0v) is 15.1. The first-order valence-electron chi connectivity index (χ1n) is 9.39. The lowest BCUT2D eigenvalue weighted by Crippen LogP contribution is -2.31. The van der Waals surface area contributed by atoms with Crippen LogP contribution in [0.3, 0.4) is 0 Å². The van der Waals surface area contributed by atoms with Crippen molar-refractivity contribution in [1.29, 1.82) is 0 Å². The Morgan fingerprint density at radius 1 is 1.27 bits per heavy atom. The Kier molecular flexibility index (Phi) is 4.88. The topological polar surface area (TPSA) is 81.1 Å². The summed E-state index contributed by atoms with van der Waals surface area (Å²) in [6.07, 6.45) is 3.78. The molecule has 1 saturated heterocycles. The molecule has 3 heterocycles. The van der Waals surface area contributed by atoms with Crippen molar-refractivity contribution in [3.05, 3.63) is 41.2 Å². The number of rotatable bonds is 3. The Morgan fingerprint density at radius 2 is 2.08 bits per heavy atom. The van der Waals surface area contributed by atoms with Crippen LogP contribution in [0.15, 0.2) is 24.3 Å². The Hall–Kier alpha value is -2.41. The van der Waals surface area contributed by atoms with Crippen LogP contribution in [0.2, 0.25) is 0 Å². The van der Waals surface area contributed by atoms with E-state index in [1.54, 1.807) is 0 Å². The summed E-state index contributed by atoms with van der Waals surface area (Å²) in [6.45, 7) is 4.56. The molecule has 2 N–H and O–H groups in total. The van der Waals surface area contributed by atoms with Gasteiger partial charge in [0.25, 0.3) is 5.91 Å². The molecule has 1 unspecified atom stereocenters. The lowest BCUT2D eigenvalue weighted by atomic mass is 10.0. The van der Waals surface area contributed by atoms with E-state index in [1.807, 2.05) is 35.9 Å². The third-order valence-electron chi connectivity index (χ3n) is 5.29. The number of fused-ring (bicyclic) bond motifs is 1. The summed E-state index contributed by atoms with van der Waals surface area (Å²) in [6, 6.07) is 8.16. The number of carbonyl (C=O) groups excluding carboxylic acids is 1. The summed E-state index contributed by atoms with van der Waals surface area (Å²) in [5.41, 5.74) is 2.29. The van der Waals surface area contributed by atoms with Gasteiger partial charge in [0, 0.05) is 5.56 Å². The van der Waals surface area contributed by atoms with Crippen LogP contribution in [0.5, 0.6) is 5.75 Å². The van der Waals surface area contributed by atoms with Crippen LogP contribution >= 0.6 is 0 Å². The van der Waals surface area contributed by atoms with E-state index in [1.165, 1.54) is 0 Å². The SMILES string of the molecule is Cc1c(C(=O)NC2CCCOc3ccccc32)nnn1C1CCNCC1. The molecule has 0 radical (unpaired) electrons. The quantitative estimate of drug-likeness (QED) is 0.882. The van der Waals surface area contributed by atoms with Crippen molar-refractivity contribution in [2.24, 2.45) is 0 Å². The van der Waals surface area contributed by atoms with E-state index in [2.05, 4.69) is 20.9 Å². The largest absolute Gasteiger partial charge is 0.493 e. The highest BCUT2D eigenvalue weighted by Crippen LogP contribution is 2.31. The van der Waals surface area contributed by atoms with E-state index in [4.69, 9.17) is 4.74 Å². The van der Waals surface area contributed by atoms with Crippen LogP contribution in [0.1, 0.15) is 59.5 Å². The van der Waals surface area contributed by atoms with Crippen LogP contribution in [0.4, 0.5) is 0 Å². The molecule has 7 nitrogen and oxygen atoms in total. The predicted octanol–water partition coefficient (Wildman–Crippen LogP) is 2.15. The molecule has 0 aliphatic carbocycles. The van der Waals surface area contributed by atoms with Gasteiger partial charge in [-0.1, -0.05) is 23.4 Å². The molecule has 1 aromatic heterocycles. The van der Waals surface area contributed by atoms with E-state index in [0.29, 0.717) is 18.3 Å². The number of carbonyl (C=O) groups is 1. The van der Waals surface area contributed by atoms with E-state index >= 15 is 0 Å². The molecule has 1 amide bonds. The molecule has 1 aromatic carbocycles. The average molecular weight is 355 g/mol. The summed E-state index contributed by atoms with van der Waals surface area (Å²) < 4.78 is 7.70. The zero-order chi connectivity index (χ0) is 17.9. The minimum absolute atomic E-state index is 0.0652. The number of nitrogens with zero attached hydrogens (tertiary/aromatic N) is 3. The minimum Gasteiger partial charge on any atom is -0.493 e. The number of nitrogens with one attached hydrogen (secondary N) is 2. The van der Waals surface area contributed by atoms with Crippen molar-refractivity contribution in [3.63, 3.8) is 0 Å². The number of piperidine rings is 1. The van der Waals surface area contributed by atoms with E-state index in [0.717, 1.165) is 55.8 Å². The maximum atomic E-state index is 12.9. The average Bonchev–Trinajstić information content (AvgIpc) is 2.95. The number of aromatic nitrogens is 3. The van der Waals surface area contributed by atoms with Crippen LogP contribution in [0.25, 0.3) is 0 Å². The van der Waals surface area contributed by atoms with E-state index < -0.39 is 0 Å². The fourth-order valence-corrected chi connectivity index (χ4v) is 3.85. The summed E-state index contributed by atoms with van der Waals surface area (Å²) in [5, 5.41) is 14.9. The lowest BCUT2D eigenvalue weighted by Gasteiger charge is -2.23. The fourth-order valence-electron chi connectivity index (χ4n) is 3.85. The van der Waals surface area contributed by atoms with Gasteiger partial charge in [0.05, 0.1) is 24.4 Å². The Labute approximate surface area is 153 Å². The Morgan fingerprint density at radius 3 is 2.92 bits per heavy atom. The van der Waals surface area contributed by atoms with Gasteiger partial charge in [-0.15, -0.1) is 5.10 Å². The fraction of sp³-hybridized carbons (Fsp3) is 0.526. The summed E-state index contributed by atoms with van der Waals surface area (Å²) in [7, 11) is 0. The van der Waals surface area contributed by atoms with Crippen molar-refractivity contribution < 1.29 is 9.53 Å². The second-order valence-corrected chi connectivity index (χ2v) is 7.00. The third-order valence-corrected chi connectivity index (χ3v) is 5.29. The third kappa shape index (κ3) is 3.31. The predicted molar refractivity (Wildman–Crippen MR) is 97.3 cm³/mol. The summed E-state index contributed by atoms with van der Waals surface area (Å²) in [4.78, 5) is 12.9. The molecule has 0 spiro atoms. The summed E-state index contributed by atoms with van der Waals surface area (Å²) >= 11 is 0. The van der Waals surface area contributed by atoms with Gasteiger partial charge in [0.1, 0.15) is 5.75 Å². The maximum absolute atomic E-state index is 12.9. The Balaban J connectivity index is 1.53. The normalized spacial score (nSPS) is 20.7. The van der Waals surface area contributed by atoms with Crippen molar-refractivity contribution in [1.82, 2.24) is 25.6 Å². The van der Waals surface area contributed by atoms with Crippen LogP contribution in [0, 0.1) is 6.92 Å². The highest BCUT2D eigenvalue weighted by Gasteiger charge is 2.26. The number of benzene rings is 1. The molecule has 1 fully saturated rings.